The third-order valence-electron chi connectivity index (χ3n) is 2.69. The molecule has 2 rings (SSSR count). The first kappa shape index (κ1) is 13.8. The zero-order valence-electron chi connectivity index (χ0n) is 11.3. The molecule has 2 aromatic rings. The molecule has 5 heteroatoms. The van der Waals surface area contributed by atoms with E-state index < -0.39 is 0 Å². The Morgan fingerprint density at radius 3 is 2.95 bits per heavy atom. The Balaban J connectivity index is 2.10. The number of nitrogens with zero attached hydrogens (tertiary/aromatic N) is 2. The van der Waals surface area contributed by atoms with Crippen LogP contribution in [0, 0.1) is 0 Å². The van der Waals surface area contributed by atoms with E-state index in [9.17, 15) is 0 Å². The molecule has 4 nitrogen and oxygen atoms in total. The van der Waals surface area contributed by atoms with E-state index in [2.05, 4.69) is 39.7 Å². The van der Waals surface area contributed by atoms with Crippen molar-refractivity contribution >= 4 is 17.3 Å². The van der Waals surface area contributed by atoms with E-state index in [1.54, 1.807) is 23.6 Å². The van der Waals surface area contributed by atoms with E-state index in [-0.39, 0.29) is 6.04 Å². The molecule has 1 N–H and O–H groups in total. The minimum absolute atomic E-state index is 0.266. The lowest BCUT2D eigenvalue weighted by Gasteiger charge is -2.16. The van der Waals surface area contributed by atoms with Crippen LogP contribution in [0.25, 0.3) is 0 Å². The van der Waals surface area contributed by atoms with Gasteiger partial charge in [0, 0.05) is 17.1 Å². The maximum Gasteiger partial charge on any atom is 0.226 e. The molecule has 2 aromatic heterocycles. The fourth-order valence-corrected chi connectivity index (χ4v) is 2.67. The summed E-state index contributed by atoms with van der Waals surface area (Å²) >= 11 is 1.76. The topological polar surface area (TPSA) is 47.0 Å². The van der Waals surface area contributed by atoms with Crippen molar-refractivity contribution in [3.05, 3.63) is 34.7 Å². The van der Waals surface area contributed by atoms with Crippen LogP contribution in [0.4, 0.5) is 5.95 Å². The second kappa shape index (κ2) is 7.09. The predicted octanol–water partition coefficient (Wildman–Crippen LogP) is 3.89. The van der Waals surface area contributed by atoms with Crippen molar-refractivity contribution in [2.45, 2.75) is 32.7 Å². The first-order valence-electron chi connectivity index (χ1n) is 6.59. The maximum atomic E-state index is 5.39. The van der Waals surface area contributed by atoms with Gasteiger partial charge in [0.05, 0.1) is 12.6 Å². The van der Waals surface area contributed by atoms with Gasteiger partial charge in [0.1, 0.15) is 0 Å². The first-order valence-corrected chi connectivity index (χ1v) is 7.47. The molecular formula is C14H19N3OS. The Bertz CT molecular complexity index is 487. The molecule has 0 aliphatic rings. The number of anilines is 1. The molecule has 1 atom stereocenters. The van der Waals surface area contributed by atoms with Crippen LogP contribution in [-0.2, 0) is 0 Å². The van der Waals surface area contributed by atoms with Crippen molar-refractivity contribution in [2.75, 3.05) is 11.9 Å². The van der Waals surface area contributed by atoms with Crippen LogP contribution >= 0.6 is 11.3 Å². The Labute approximate surface area is 117 Å². The van der Waals surface area contributed by atoms with Gasteiger partial charge in [-0.15, -0.1) is 11.3 Å². The minimum atomic E-state index is 0.266. The number of hydrogen-bond donors (Lipinski definition) is 1. The van der Waals surface area contributed by atoms with Crippen molar-refractivity contribution in [1.29, 1.82) is 0 Å². The lowest BCUT2D eigenvalue weighted by Crippen LogP contribution is -2.12. The smallest absolute Gasteiger partial charge is 0.226 e. The van der Waals surface area contributed by atoms with Crippen LogP contribution in [0.5, 0.6) is 5.88 Å². The van der Waals surface area contributed by atoms with Crippen LogP contribution in [0.15, 0.2) is 29.8 Å². The third kappa shape index (κ3) is 3.92. The molecule has 102 valence electrons. The normalized spacial score (nSPS) is 12.1. The van der Waals surface area contributed by atoms with E-state index >= 15 is 0 Å². The van der Waals surface area contributed by atoms with Gasteiger partial charge < -0.3 is 10.1 Å². The van der Waals surface area contributed by atoms with E-state index in [0.29, 0.717) is 18.4 Å². The quantitative estimate of drug-likeness (QED) is 0.834. The van der Waals surface area contributed by atoms with Gasteiger partial charge in [-0.1, -0.05) is 19.4 Å². The van der Waals surface area contributed by atoms with Gasteiger partial charge in [0.25, 0.3) is 0 Å². The standard InChI is InChI=1S/C14H19N3OS/c1-3-6-11(12-7-5-10-19-12)16-14-15-9-8-13(17-14)18-4-2/h5,7-11H,3-4,6H2,1-2H3,(H,15,16,17). The van der Waals surface area contributed by atoms with Crippen molar-refractivity contribution in [3.63, 3.8) is 0 Å². The van der Waals surface area contributed by atoms with Crippen LogP contribution in [0.1, 0.15) is 37.6 Å². The molecule has 0 fully saturated rings. The number of rotatable bonds is 7. The summed E-state index contributed by atoms with van der Waals surface area (Å²) in [4.78, 5) is 9.92. The first-order chi connectivity index (χ1) is 9.33. The van der Waals surface area contributed by atoms with Crippen LogP contribution in [0.3, 0.4) is 0 Å². The van der Waals surface area contributed by atoms with E-state index in [1.807, 2.05) is 6.92 Å². The summed E-state index contributed by atoms with van der Waals surface area (Å²) in [5, 5.41) is 5.48. The van der Waals surface area contributed by atoms with Gasteiger partial charge in [0.15, 0.2) is 0 Å². The highest BCUT2D eigenvalue weighted by molar-refractivity contribution is 7.10. The summed E-state index contributed by atoms with van der Waals surface area (Å²) < 4.78 is 5.39. The summed E-state index contributed by atoms with van der Waals surface area (Å²) in [6, 6.07) is 6.25. The molecular weight excluding hydrogens is 258 g/mol. The number of thiophene rings is 1. The van der Waals surface area contributed by atoms with Gasteiger partial charge in [-0.05, 0) is 24.8 Å². The summed E-state index contributed by atoms with van der Waals surface area (Å²) in [5.74, 6) is 1.24. The highest BCUT2D eigenvalue weighted by atomic mass is 32.1. The second-order valence-electron chi connectivity index (χ2n) is 4.15. The third-order valence-corrected chi connectivity index (χ3v) is 3.68. The van der Waals surface area contributed by atoms with Crippen molar-refractivity contribution < 1.29 is 4.74 Å². The second-order valence-corrected chi connectivity index (χ2v) is 5.13. The lowest BCUT2D eigenvalue weighted by atomic mass is 10.1. The van der Waals surface area contributed by atoms with E-state index in [0.717, 1.165) is 12.8 Å². The van der Waals surface area contributed by atoms with Gasteiger partial charge in [-0.2, -0.15) is 4.98 Å². The Morgan fingerprint density at radius 1 is 1.37 bits per heavy atom. The summed E-state index contributed by atoms with van der Waals surface area (Å²) in [6.45, 7) is 4.74. The molecule has 1 unspecified atom stereocenters. The lowest BCUT2D eigenvalue weighted by molar-refractivity contribution is 0.326. The molecule has 0 spiro atoms. The van der Waals surface area contributed by atoms with Crippen molar-refractivity contribution in [3.8, 4) is 5.88 Å². The molecule has 0 aromatic carbocycles. The highest BCUT2D eigenvalue weighted by Gasteiger charge is 2.13. The fourth-order valence-electron chi connectivity index (χ4n) is 1.86. The van der Waals surface area contributed by atoms with Crippen LogP contribution in [-0.4, -0.2) is 16.6 Å². The monoisotopic (exact) mass is 277 g/mol. The molecule has 19 heavy (non-hydrogen) atoms. The van der Waals surface area contributed by atoms with Crippen molar-refractivity contribution in [1.82, 2.24) is 9.97 Å². The van der Waals surface area contributed by atoms with Crippen LogP contribution in [0.2, 0.25) is 0 Å². The number of ether oxygens (including phenoxy) is 1. The maximum absolute atomic E-state index is 5.39. The van der Waals surface area contributed by atoms with E-state index in [1.165, 1.54) is 4.88 Å². The highest BCUT2D eigenvalue weighted by Crippen LogP contribution is 2.26. The molecule has 0 radical (unpaired) electrons. The molecule has 0 amide bonds. The van der Waals surface area contributed by atoms with Gasteiger partial charge in [0.2, 0.25) is 11.8 Å². The Kier molecular flexibility index (Phi) is 5.15. The Hall–Kier alpha value is -1.62. The molecule has 0 aliphatic carbocycles. The Morgan fingerprint density at radius 2 is 2.26 bits per heavy atom. The average molecular weight is 277 g/mol. The fraction of sp³-hybridized carbons (Fsp3) is 0.429. The molecule has 0 aliphatic heterocycles. The SMILES string of the molecule is CCCC(Nc1nccc(OCC)n1)c1cccs1. The molecule has 0 saturated heterocycles. The number of nitrogens with one attached hydrogen (secondary N) is 1. The van der Waals surface area contributed by atoms with E-state index in [4.69, 9.17) is 4.74 Å². The van der Waals surface area contributed by atoms with Crippen molar-refractivity contribution in [2.24, 2.45) is 0 Å². The summed E-state index contributed by atoms with van der Waals surface area (Å²) in [7, 11) is 0. The number of hydrogen-bond acceptors (Lipinski definition) is 5. The summed E-state index contributed by atoms with van der Waals surface area (Å²) in [5.41, 5.74) is 0. The average Bonchev–Trinajstić information content (AvgIpc) is 2.93. The number of aromatic nitrogens is 2. The largest absolute Gasteiger partial charge is 0.478 e. The molecule has 2 heterocycles. The predicted molar refractivity (Wildman–Crippen MR) is 78.8 cm³/mol. The van der Waals surface area contributed by atoms with Gasteiger partial charge in [-0.25, -0.2) is 4.98 Å². The summed E-state index contributed by atoms with van der Waals surface area (Å²) in [6.07, 6.45) is 3.89. The zero-order chi connectivity index (χ0) is 13.5. The molecule has 0 bridgehead atoms. The van der Waals surface area contributed by atoms with Gasteiger partial charge >= 0.3 is 0 Å². The zero-order valence-corrected chi connectivity index (χ0v) is 12.1. The molecule has 0 saturated carbocycles. The van der Waals surface area contributed by atoms with Crippen LogP contribution < -0.4 is 10.1 Å². The van der Waals surface area contributed by atoms with Gasteiger partial charge in [-0.3, -0.25) is 0 Å². The minimum Gasteiger partial charge on any atom is -0.478 e.